The average molecular weight is 665 g/mol. The molecule has 2 N–H and O–H groups in total. The van der Waals surface area contributed by atoms with Crippen molar-refractivity contribution >= 4 is 49.2 Å². The molecule has 2 atom stereocenters. The number of carbonyl (C=O) groups excluding carboxylic acids is 1. The summed E-state index contributed by atoms with van der Waals surface area (Å²) in [6, 6.07) is 38.5. The molecule has 0 aliphatic carbocycles. The highest BCUT2D eigenvalue weighted by molar-refractivity contribution is 6.03. The molecule has 6 aromatic carbocycles. The van der Waals surface area contributed by atoms with Crippen molar-refractivity contribution < 1.29 is 14.3 Å². The molecule has 0 heterocycles. The van der Waals surface area contributed by atoms with E-state index in [2.05, 4.69) is 133 Å². The topological polar surface area (TPSA) is 59.6 Å². The molecule has 0 bridgehead atoms. The van der Waals surface area contributed by atoms with Gasteiger partial charge < -0.3 is 20.1 Å². The Kier molecular flexibility index (Phi) is 12.3. The van der Waals surface area contributed by atoms with E-state index in [0.29, 0.717) is 0 Å². The predicted molar refractivity (Wildman–Crippen MR) is 210 cm³/mol. The highest BCUT2D eigenvalue weighted by atomic mass is 16.7. The third-order valence-corrected chi connectivity index (χ3v) is 9.64. The van der Waals surface area contributed by atoms with Crippen molar-refractivity contribution in [1.29, 1.82) is 0 Å². The van der Waals surface area contributed by atoms with Crippen LogP contribution in [0.4, 0.5) is 4.79 Å². The standard InChI is InChI=1S/C45H48N2O3/c1-3-25-46-27-13-19-37(43-39-21-9-5-15-33(39)29-34-16-6-10-22-40(34)43)31-49-45(48)50-32-38(20-14-28-47-26-4-2)44-41-23-11-7-17-35(41)30-36-18-8-12-24-42(36)44/h3-12,15-18,21-24,29-30,37-38,46-47H,1-2,13-14,19-20,25-28,31-32H2. The molecule has 6 aromatic rings. The van der Waals surface area contributed by atoms with E-state index in [9.17, 15) is 4.79 Å². The van der Waals surface area contributed by atoms with Gasteiger partial charge in [0.15, 0.2) is 0 Å². The number of fused-ring (bicyclic) bond motifs is 4. The van der Waals surface area contributed by atoms with Gasteiger partial charge in [0, 0.05) is 24.9 Å². The second-order valence-corrected chi connectivity index (χ2v) is 13.0. The lowest BCUT2D eigenvalue weighted by Gasteiger charge is -2.23. The van der Waals surface area contributed by atoms with Crippen molar-refractivity contribution in [3.63, 3.8) is 0 Å². The molecule has 5 heteroatoms. The van der Waals surface area contributed by atoms with Crippen LogP contribution in [0.25, 0.3) is 43.1 Å². The number of carbonyl (C=O) groups is 1. The molecule has 0 aliphatic heterocycles. The first kappa shape index (κ1) is 34.9. The first-order valence-corrected chi connectivity index (χ1v) is 17.9. The second-order valence-electron chi connectivity index (χ2n) is 13.0. The maximum absolute atomic E-state index is 13.5. The van der Waals surface area contributed by atoms with E-state index in [1.165, 1.54) is 54.2 Å². The van der Waals surface area contributed by atoms with Gasteiger partial charge in [-0.1, -0.05) is 109 Å². The minimum Gasteiger partial charge on any atom is -0.434 e. The Morgan fingerprint density at radius 2 is 0.900 bits per heavy atom. The van der Waals surface area contributed by atoms with Gasteiger partial charge in [-0.2, -0.15) is 0 Å². The largest absolute Gasteiger partial charge is 0.508 e. The second kappa shape index (κ2) is 17.6. The van der Waals surface area contributed by atoms with Gasteiger partial charge in [0.1, 0.15) is 13.2 Å². The molecular weight excluding hydrogens is 617 g/mol. The third kappa shape index (κ3) is 8.42. The molecule has 0 saturated carbocycles. The molecule has 2 unspecified atom stereocenters. The van der Waals surface area contributed by atoms with Crippen LogP contribution in [0.1, 0.15) is 48.6 Å². The zero-order valence-corrected chi connectivity index (χ0v) is 28.9. The molecule has 0 spiro atoms. The zero-order chi connectivity index (χ0) is 34.5. The summed E-state index contributed by atoms with van der Waals surface area (Å²) in [7, 11) is 0. The SMILES string of the molecule is C=CCNCCCC(COC(=O)OCC(CCCNCC=C)c1c2ccccc2cc2ccccc12)c1c2ccccc2cc2ccccc12. The minimum atomic E-state index is -0.622. The van der Waals surface area contributed by atoms with Crippen LogP contribution >= 0.6 is 0 Å². The Morgan fingerprint density at radius 3 is 1.24 bits per heavy atom. The Hall–Kier alpha value is -4.97. The Morgan fingerprint density at radius 1 is 0.560 bits per heavy atom. The van der Waals surface area contributed by atoms with Gasteiger partial charge in [0.2, 0.25) is 0 Å². The number of benzene rings is 6. The van der Waals surface area contributed by atoms with Crippen LogP contribution in [0.2, 0.25) is 0 Å². The van der Waals surface area contributed by atoms with Crippen molar-refractivity contribution in [2.75, 3.05) is 39.4 Å². The van der Waals surface area contributed by atoms with E-state index in [4.69, 9.17) is 9.47 Å². The molecule has 5 nitrogen and oxygen atoms in total. The first-order valence-electron chi connectivity index (χ1n) is 17.9. The Labute approximate surface area is 296 Å². The highest BCUT2D eigenvalue weighted by Crippen LogP contribution is 2.38. The quantitative estimate of drug-likeness (QED) is 0.0414. The van der Waals surface area contributed by atoms with E-state index in [-0.39, 0.29) is 25.0 Å². The monoisotopic (exact) mass is 664 g/mol. The van der Waals surface area contributed by atoms with Gasteiger partial charge in [0.25, 0.3) is 0 Å². The molecular formula is C45H48N2O3. The lowest BCUT2D eigenvalue weighted by Crippen LogP contribution is -2.20. The average Bonchev–Trinajstić information content (AvgIpc) is 3.15. The molecule has 0 amide bonds. The summed E-state index contributed by atoms with van der Waals surface area (Å²) in [5.74, 6) is -0.00403. The molecule has 0 aromatic heterocycles. The van der Waals surface area contributed by atoms with Crippen LogP contribution in [-0.4, -0.2) is 45.5 Å². The first-order chi connectivity index (χ1) is 24.7. The molecule has 0 fully saturated rings. The summed E-state index contributed by atoms with van der Waals surface area (Å²) >= 11 is 0. The number of ether oxygens (including phenoxy) is 2. The van der Waals surface area contributed by atoms with Crippen LogP contribution < -0.4 is 10.6 Å². The molecule has 6 rings (SSSR count). The molecule has 0 saturated heterocycles. The van der Waals surface area contributed by atoms with Crippen LogP contribution in [0.15, 0.2) is 135 Å². The lowest BCUT2D eigenvalue weighted by atomic mass is 9.86. The molecule has 50 heavy (non-hydrogen) atoms. The number of rotatable bonds is 18. The minimum absolute atomic E-state index is 0.00202. The molecule has 0 radical (unpaired) electrons. The Balaban J connectivity index is 1.24. The zero-order valence-electron chi connectivity index (χ0n) is 28.9. The number of nitrogens with one attached hydrogen (secondary N) is 2. The number of hydrogen-bond acceptors (Lipinski definition) is 5. The van der Waals surface area contributed by atoms with E-state index in [1.54, 1.807) is 0 Å². The Bertz CT molecular complexity index is 1810. The lowest BCUT2D eigenvalue weighted by molar-refractivity contribution is 0.0456. The van der Waals surface area contributed by atoms with Crippen molar-refractivity contribution in [2.45, 2.75) is 37.5 Å². The summed E-state index contributed by atoms with van der Waals surface area (Å²) in [5.41, 5.74) is 2.45. The fourth-order valence-corrected chi connectivity index (χ4v) is 7.33. The van der Waals surface area contributed by atoms with Gasteiger partial charge in [-0.15, -0.1) is 13.2 Å². The van der Waals surface area contributed by atoms with E-state index in [1.807, 2.05) is 12.2 Å². The van der Waals surface area contributed by atoms with Gasteiger partial charge >= 0.3 is 6.16 Å². The van der Waals surface area contributed by atoms with Crippen molar-refractivity contribution in [2.24, 2.45) is 0 Å². The van der Waals surface area contributed by atoms with Crippen molar-refractivity contribution in [3.8, 4) is 0 Å². The van der Waals surface area contributed by atoms with E-state index < -0.39 is 6.16 Å². The smallest absolute Gasteiger partial charge is 0.434 e. The van der Waals surface area contributed by atoms with Crippen molar-refractivity contribution in [3.05, 3.63) is 146 Å². The predicted octanol–water partition coefficient (Wildman–Crippen LogP) is 10.4. The van der Waals surface area contributed by atoms with E-state index >= 15 is 0 Å². The summed E-state index contributed by atoms with van der Waals surface area (Å²) in [5, 5.41) is 16.4. The fourth-order valence-electron chi connectivity index (χ4n) is 7.33. The number of hydrogen-bond donors (Lipinski definition) is 2. The normalized spacial score (nSPS) is 12.6. The van der Waals surface area contributed by atoms with Crippen LogP contribution in [0, 0.1) is 0 Å². The van der Waals surface area contributed by atoms with Gasteiger partial charge in [-0.05, 0) is 105 Å². The maximum Gasteiger partial charge on any atom is 0.508 e. The van der Waals surface area contributed by atoms with E-state index in [0.717, 1.165) is 51.9 Å². The highest BCUT2D eigenvalue weighted by Gasteiger charge is 2.23. The summed E-state index contributed by atoms with van der Waals surface area (Å²) in [4.78, 5) is 13.5. The molecule has 0 aliphatic rings. The fraction of sp³-hybridized carbons (Fsp3) is 0.267. The van der Waals surface area contributed by atoms with Crippen LogP contribution in [0.3, 0.4) is 0 Å². The van der Waals surface area contributed by atoms with Gasteiger partial charge in [0.05, 0.1) is 0 Å². The molecule has 256 valence electrons. The third-order valence-electron chi connectivity index (χ3n) is 9.64. The van der Waals surface area contributed by atoms with Gasteiger partial charge in [-0.25, -0.2) is 4.79 Å². The summed E-state index contributed by atoms with van der Waals surface area (Å²) < 4.78 is 12.1. The summed E-state index contributed by atoms with van der Waals surface area (Å²) in [6.45, 7) is 11.4. The van der Waals surface area contributed by atoms with Crippen LogP contribution in [0.5, 0.6) is 0 Å². The summed E-state index contributed by atoms with van der Waals surface area (Å²) in [6.07, 6.45) is 6.72. The van der Waals surface area contributed by atoms with Crippen molar-refractivity contribution in [1.82, 2.24) is 10.6 Å². The van der Waals surface area contributed by atoms with Crippen LogP contribution in [-0.2, 0) is 9.47 Å². The maximum atomic E-state index is 13.5. The van der Waals surface area contributed by atoms with Gasteiger partial charge in [-0.3, -0.25) is 0 Å².